The van der Waals surface area contributed by atoms with Crippen molar-refractivity contribution in [2.45, 2.75) is 26.3 Å². The topological polar surface area (TPSA) is 59.6 Å². The van der Waals surface area contributed by atoms with E-state index in [1.54, 1.807) is 18.2 Å². The fraction of sp³-hybridized carbons (Fsp3) is 0.278. The summed E-state index contributed by atoms with van der Waals surface area (Å²) in [5.74, 6) is 1.25. The molecular weight excluding hydrogens is 292 g/mol. The number of para-hydroxylation sites is 1. The summed E-state index contributed by atoms with van der Waals surface area (Å²) in [5, 5.41) is 6.16. The van der Waals surface area contributed by atoms with E-state index in [0.717, 1.165) is 12.1 Å². The largest absolute Gasteiger partial charge is 0.454 e. The van der Waals surface area contributed by atoms with Crippen molar-refractivity contribution in [3.63, 3.8) is 0 Å². The Balaban J connectivity index is 1.66. The number of carbonyl (C=O) groups excluding carboxylic acids is 1. The van der Waals surface area contributed by atoms with Crippen molar-refractivity contribution >= 4 is 17.3 Å². The zero-order chi connectivity index (χ0) is 16.2. The molecule has 2 aromatic rings. The van der Waals surface area contributed by atoms with Crippen LogP contribution in [0.3, 0.4) is 0 Å². The number of nitrogens with one attached hydrogen (secondary N) is 2. The lowest BCUT2D eigenvalue weighted by Crippen LogP contribution is -2.32. The average molecular weight is 312 g/mol. The molecule has 1 aliphatic rings. The Bertz CT molecular complexity index is 715. The highest BCUT2D eigenvalue weighted by molar-refractivity contribution is 5.96. The maximum absolute atomic E-state index is 12.4. The van der Waals surface area contributed by atoms with Gasteiger partial charge in [-0.15, -0.1) is 0 Å². The number of anilines is 2. The third kappa shape index (κ3) is 3.39. The third-order valence-electron chi connectivity index (χ3n) is 3.80. The van der Waals surface area contributed by atoms with Crippen molar-refractivity contribution in [3.8, 4) is 11.5 Å². The van der Waals surface area contributed by atoms with Crippen molar-refractivity contribution in [2.24, 2.45) is 0 Å². The average Bonchev–Trinajstić information content (AvgIpc) is 3.03. The highest BCUT2D eigenvalue weighted by Crippen LogP contribution is 2.34. The van der Waals surface area contributed by atoms with Gasteiger partial charge >= 0.3 is 0 Å². The van der Waals surface area contributed by atoms with Crippen LogP contribution in [0.15, 0.2) is 42.5 Å². The Morgan fingerprint density at radius 2 is 1.96 bits per heavy atom. The molecule has 0 radical (unpaired) electrons. The van der Waals surface area contributed by atoms with Crippen LogP contribution in [-0.4, -0.2) is 18.7 Å². The Hall–Kier alpha value is -2.69. The van der Waals surface area contributed by atoms with Crippen LogP contribution >= 0.6 is 0 Å². The molecule has 5 nitrogen and oxygen atoms in total. The van der Waals surface area contributed by atoms with Gasteiger partial charge in [-0.05, 0) is 37.1 Å². The fourth-order valence-corrected chi connectivity index (χ4v) is 2.49. The lowest BCUT2D eigenvalue weighted by Gasteiger charge is -2.17. The normalized spacial score (nSPS) is 13.5. The van der Waals surface area contributed by atoms with Crippen LogP contribution in [0.25, 0.3) is 0 Å². The van der Waals surface area contributed by atoms with Crippen LogP contribution < -0.4 is 20.1 Å². The zero-order valence-electron chi connectivity index (χ0n) is 13.3. The summed E-state index contributed by atoms with van der Waals surface area (Å²) in [6.07, 6.45) is 0.916. The van der Waals surface area contributed by atoms with E-state index >= 15 is 0 Å². The van der Waals surface area contributed by atoms with Gasteiger partial charge in [0.15, 0.2) is 11.5 Å². The number of rotatable bonds is 5. The summed E-state index contributed by atoms with van der Waals surface area (Å²) in [6.45, 7) is 4.16. The second-order valence-corrected chi connectivity index (χ2v) is 5.43. The van der Waals surface area contributed by atoms with Gasteiger partial charge in [-0.3, -0.25) is 4.79 Å². The Labute approximate surface area is 135 Å². The number of hydrogen-bond acceptors (Lipinski definition) is 4. The standard InChI is InChI=1S/C18H20N2O3/c1-3-13-6-4-5-7-15(13)19-12(2)18(21)20-14-8-9-16-17(10-14)23-11-22-16/h4-10,12,19H,3,11H2,1-2H3,(H,20,21). The quantitative estimate of drug-likeness (QED) is 0.888. The number of fused-ring (bicyclic) bond motifs is 1. The van der Waals surface area contributed by atoms with E-state index in [1.165, 1.54) is 5.56 Å². The van der Waals surface area contributed by atoms with E-state index < -0.39 is 0 Å². The molecular formula is C18H20N2O3. The number of ether oxygens (including phenoxy) is 2. The van der Waals surface area contributed by atoms with Gasteiger partial charge in [-0.25, -0.2) is 0 Å². The summed E-state index contributed by atoms with van der Waals surface area (Å²) < 4.78 is 10.6. The van der Waals surface area contributed by atoms with Gasteiger partial charge in [0.1, 0.15) is 6.04 Å². The van der Waals surface area contributed by atoms with Crippen molar-refractivity contribution in [1.82, 2.24) is 0 Å². The monoisotopic (exact) mass is 312 g/mol. The maximum Gasteiger partial charge on any atom is 0.246 e. The predicted molar refractivity (Wildman–Crippen MR) is 90.1 cm³/mol. The molecule has 2 aromatic carbocycles. The molecule has 3 rings (SSSR count). The van der Waals surface area contributed by atoms with Crippen LogP contribution in [0.2, 0.25) is 0 Å². The molecule has 5 heteroatoms. The molecule has 0 fully saturated rings. The Morgan fingerprint density at radius 1 is 1.17 bits per heavy atom. The van der Waals surface area contributed by atoms with Crippen LogP contribution in [0, 0.1) is 0 Å². The number of benzene rings is 2. The van der Waals surface area contributed by atoms with E-state index in [9.17, 15) is 4.79 Å². The minimum absolute atomic E-state index is 0.102. The molecule has 1 aliphatic heterocycles. The third-order valence-corrected chi connectivity index (χ3v) is 3.80. The van der Waals surface area contributed by atoms with Gasteiger partial charge in [-0.1, -0.05) is 25.1 Å². The van der Waals surface area contributed by atoms with E-state index in [4.69, 9.17) is 9.47 Å². The number of hydrogen-bond donors (Lipinski definition) is 2. The summed E-state index contributed by atoms with van der Waals surface area (Å²) >= 11 is 0. The molecule has 0 aromatic heterocycles. The lowest BCUT2D eigenvalue weighted by atomic mass is 10.1. The molecule has 23 heavy (non-hydrogen) atoms. The van der Waals surface area contributed by atoms with Crippen molar-refractivity contribution in [1.29, 1.82) is 0 Å². The van der Waals surface area contributed by atoms with Crippen molar-refractivity contribution in [2.75, 3.05) is 17.4 Å². The first-order chi connectivity index (χ1) is 11.2. The smallest absolute Gasteiger partial charge is 0.246 e. The van der Waals surface area contributed by atoms with Crippen molar-refractivity contribution in [3.05, 3.63) is 48.0 Å². The van der Waals surface area contributed by atoms with Crippen LogP contribution in [0.1, 0.15) is 19.4 Å². The van der Waals surface area contributed by atoms with Gasteiger partial charge in [0, 0.05) is 17.4 Å². The molecule has 1 amide bonds. The lowest BCUT2D eigenvalue weighted by molar-refractivity contribution is -0.116. The molecule has 1 atom stereocenters. The molecule has 1 unspecified atom stereocenters. The summed E-state index contributed by atoms with van der Waals surface area (Å²) in [4.78, 5) is 12.4. The van der Waals surface area contributed by atoms with Crippen LogP contribution in [-0.2, 0) is 11.2 Å². The van der Waals surface area contributed by atoms with E-state index in [2.05, 4.69) is 23.6 Å². The van der Waals surface area contributed by atoms with E-state index in [-0.39, 0.29) is 18.7 Å². The number of carbonyl (C=O) groups is 1. The first-order valence-corrected chi connectivity index (χ1v) is 7.72. The molecule has 1 heterocycles. The fourth-order valence-electron chi connectivity index (χ4n) is 2.49. The Kier molecular flexibility index (Phi) is 4.37. The second-order valence-electron chi connectivity index (χ2n) is 5.43. The highest BCUT2D eigenvalue weighted by Gasteiger charge is 2.17. The number of aryl methyl sites for hydroxylation is 1. The van der Waals surface area contributed by atoms with Gasteiger partial charge in [0.05, 0.1) is 0 Å². The van der Waals surface area contributed by atoms with Gasteiger partial charge in [0.2, 0.25) is 12.7 Å². The molecule has 0 spiro atoms. The molecule has 0 bridgehead atoms. The first kappa shape index (κ1) is 15.2. The minimum atomic E-state index is -0.354. The minimum Gasteiger partial charge on any atom is -0.454 e. The van der Waals surface area contributed by atoms with Gasteiger partial charge in [0.25, 0.3) is 0 Å². The zero-order valence-corrected chi connectivity index (χ0v) is 13.3. The summed E-state index contributed by atoms with van der Waals surface area (Å²) in [6, 6.07) is 13.0. The van der Waals surface area contributed by atoms with E-state index in [0.29, 0.717) is 17.2 Å². The van der Waals surface area contributed by atoms with Gasteiger partial charge in [-0.2, -0.15) is 0 Å². The Morgan fingerprint density at radius 3 is 2.78 bits per heavy atom. The molecule has 120 valence electrons. The van der Waals surface area contributed by atoms with E-state index in [1.807, 2.05) is 25.1 Å². The maximum atomic E-state index is 12.4. The molecule has 0 aliphatic carbocycles. The summed E-state index contributed by atoms with van der Waals surface area (Å²) in [5.41, 5.74) is 2.87. The SMILES string of the molecule is CCc1ccccc1NC(C)C(=O)Nc1ccc2c(c1)OCO2. The van der Waals surface area contributed by atoms with Crippen LogP contribution in [0.5, 0.6) is 11.5 Å². The highest BCUT2D eigenvalue weighted by atomic mass is 16.7. The van der Waals surface area contributed by atoms with Gasteiger partial charge < -0.3 is 20.1 Å². The molecule has 0 saturated heterocycles. The first-order valence-electron chi connectivity index (χ1n) is 7.72. The summed E-state index contributed by atoms with van der Waals surface area (Å²) in [7, 11) is 0. The second kappa shape index (κ2) is 6.60. The molecule has 2 N–H and O–H groups in total. The van der Waals surface area contributed by atoms with Crippen LogP contribution in [0.4, 0.5) is 11.4 Å². The number of amides is 1. The predicted octanol–water partition coefficient (Wildman–Crippen LogP) is 3.42. The van der Waals surface area contributed by atoms with Crippen molar-refractivity contribution < 1.29 is 14.3 Å². The molecule has 0 saturated carbocycles.